The molecule has 0 aliphatic rings. The summed E-state index contributed by atoms with van der Waals surface area (Å²) in [6, 6.07) is 13.7. The second-order valence-corrected chi connectivity index (χ2v) is 6.63. The van der Waals surface area contributed by atoms with Crippen LogP contribution in [0.2, 0.25) is 10.0 Å². The molecule has 4 nitrogen and oxygen atoms in total. The Labute approximate surface area is 162 Å². The van der Waals surface area contributed by atoms with E-state index in [0.29, 0.717) is 32.8 Å². The molecule has 7 heteroatoms. The molecule has 0 saturated carbocycles. The number of hydrogen-bond donors (Lipinski definition) is 1. The first-order chi connectivity index (χ1) is 12.9. The van der Waals surface area contributed by atoms with E-state index < -0.39 is 11.8 Å². The van der Waals surface area contributed by atoms with Crippen LogP contribution in [0.4, 0.5) is 4.39 Å². The average Bonchev–Trinajstić information content (AvgIpc) is 3.13. The second kappa shape index (κ2) is 6.68. The van der Waals surface area contributed by atoms with Crippen LogP contribution in [0.5, 0.6) is 0 Å². The van der Waals surface area contributed by atoms with E-state index in [2.05, 4.69) is 4.98 Å². The summed E-state index contributed by atoms with van der Waals surface area (Å²) in [7, 11) is 0. The highest BCUT2D eigenvalue weighted by molar-refractivity contribution is 6.42. The second-order valence-electron chi connectivity index (χ2n) is 5.81. The number of carbonyl (C=O) groups is 1. The van der Waals surface area contributed by atoms with Gasteiger partial charge in [-0.05, 0) is 54.6 Å². The third-order valence-electron chi connectivity index (χ3n) is 4.06. The Morgan fingerprint density at radius 2 is 1.74 bits per heavy atom. The number of pyridine rings is 1. The molecule has 2 heterocycles. The summed E-state index contributed by atoms with van der Waals surface area (Å²) in [5.41, 5.74) is 1.36. The number of carboxylic acid groups (broad SMARTS) is 1. The van der Waals surface area contributed by atoms with Crippen LogP contribution in [0.3, 0.4) is 0 Å². The van der Waals surface area contributed by atoms with Crippen molar-refractivity contribution in [2.75, 3.05) is 0 Å². The quantitative estimate of drug-likeness (QED) is 0.437. The summed E-state index contributed by atoms with van der Waals surface area (Å²) in [5.74, 6) is -0.795. The molecule has 0 spiro atoms. The van der Waals surface area contributed by atoms with Crippen LogP contribution in [0.25, 0.3) is 33.7 Å². The molecule has 0 fully saturated rings. The third-order valence-corrected chi connectivity index (χ3v) is 4.80. The first-order valence-electron chi connectivity index (χ1n) is 7.81. The van der Waals surface area contributed by atoms with E-state index in [0.717, 1.165) is 11.6 Å². The van der Waals surface area contributed by atoms with Gasteiger partial charge in [0.25, 0.3) is 0 Å². The highest BCUT2D eigenvalue weighted by Gasteiger charge is 2.16. The van der Waals surface area contributed by atoms with Crippen LogP contribution in [0.15, 0.2) is 59.0 Å². The number of hydrogen-bond acceptors (Lipinski definition) is 3. The molecule has 1 N–H and O–H groups in total. The summed E-state index contributed by atoms with van der Waals surface area (Å²) in [5, 5.41) is 10.5. The largest absolute Gasteiger partial charge is 0.478 e. The molecule has 134 valence electrons. The topological polar surface area (TPSA) is 63.3 Å². The fraction of sp³-hybridized carbons (Fsp3) is 0. The van der Waals surface area contributed by atoms with Crippen molar-refractivity contribution < 1.29 is 18.7 Å². The van der Waals surface area contributed by atoms with Gasteiger partial charge in [-0.25, -0.2) is 14.2 Å². The van der Waals surface area contributed by atoms with E-state index in [4.69, 9.17) is 27.6 Å². The van der Waals surface area contributed by atoms with Crippen LogP contribution in [0, 0.1) is 5.82 Å². The van der Waals surface area contributed by atoms with E-state index in [1.807, 2.05) is 0 Å². The number of halogens is 3. The summed E-state index contributed by atoms with van der Waals surface area (Å²) in [6.07, 6.45) is 0. The summed E-state index contributed by atoms with van der Waals surface area (Å²) in [4.78, 5) is 16.0. The van der Waals surface area contributed by atoms with Gasteiger partial charge in [0.15, 0.2) is 5.76 Å². The van der Waals surface area contributed by atoms with Gasteiger partial charge in [-0.3, -0.25) is 0 Å². The molecule has 0 radical (unpaired) electrons. The smallest absolute Gasteiger partial charge is 0.336 e. The maximum atomic E-state index is 13.5. The van der Waals surface area contributed by atoms with Crippen molar-refractivity contribution in [1.82, 2.24) is 4.98 Å². The Kier molecular flexibility index (Phi) is 4.34. The van der Waals surface area contributed by atoms with Gasteiger partial charge in [0.2, 0.25) is 0 Å². The number of benzene rings is 2. The molecule has 0 bridgehead atoms. The average molecular weight is 402 g/mol. The van der Waals surface area contributed by atoms with Crippen molar-refractivity contribution in [3.8, 4) is 22.8 Å². The molecule has 4 aromatic rings. The van der Waals surface area contributed by atoms with Gasteiger partial charge in [-0.2, -0.15) is 0 Å². The highest BCUT2D eigenvalue weighted by Crippen LogP contribution is 2.33. The number of aromatic carboxylic acids is 1. The van der Waals surface area contributed by atoms with E-state index in [1.54, 1.807) is 30.3 Å². The summed E-state index contributed by atoms with van der Waals surface area (Å²) in [6.45, 7) is 0. The predicted molar refractivity (Wildman–Crippen MR) is 102 cm³/mol. The number of rotatable bonds is 3. The maximum absolute atomic E-state index is 13.5. The normalized spacial score (nSPS) is 11.1. The molecule has 0 atom stereocenters. The fourth-order valence-electron chi connectivity index (χ4n) is 2.78. The number of nitrogens with zero attached hydrogens (tertiary/aromatic N) is 1. The first kappa shape index (κ1) is 17.5. The van der Waals surface area contributed by atoms with Gasteiger partial charge in [-0.15, -0.1) is 0 Å². The Bertz CT molecular complexity index is 1200. The van der Waals surface area contributed by atoms with Crippen molar-refractivity contribution in [3.63, 3.8) is 0 Å². The van der Waals surface area contributed by atoms with Crippen LogP contribution < -0.4 is 0 Å². The minimum absolute atomic E-state index is 0.0537. The highest BCUT2D eigenvalue weighted by atomic mass is 35.5. The minimum Gasteiger partial charge on any atom is -0.478 e. The standard InChI is InChI=1S/C20H10Cl2FNO3/c21-14-3-1-10(7-15(14)22)18-5-6-19(27-18)17-9-13(20(25)26)12-8-11(23)2-4-16(12)24-17/h1-9H,(H,25,26). The van der Waals surface area contributed by atoms with Crippen LogP contribution in [-0.2, 0) is 0 Å². The number of fused-ring (bicyclic) bond motifs is 1. The molecule has 0 aliphatic carbocycles. The number of furan rings is 1. The Morgan fingerprint density at radius 1 is 0.963 bits per heavy atom. The van der Waals surface area contributed by atoms with Crippen LogP contribution in [-0.4, -0.2) is 16.1 Å². The van der Waals surface area contributed by atoms with Crippen molar-refractivity contribution in [2.45, 2.75) is 0 Å². The van der Waals surface area contributed by atoms with Crippen molar-refractivity contribution in [2.24, 2.45) is 0 Å². The minimum atomic E-state index is -1.18. The molecular weight excluding hydrogens is 392 g/mol. The Balaban J connectivity index is 1.83. The lowest BCUT2D eigenvalue weighted by Crippen LogP contribution is -2.00. The lowest BCUT2D eigenvalue weighted by molar-refractivity contribution is 0.0699. The van der Waals surface area contributed by atoms with Gasteiger partial charge in [0, 0.05) is 10.9 Å². The van der Waals surface area contributed by atoms with Crippen LogP contribution in [0.1, 0.15) is 10.4 Å². The van der Waals surface area contributed by atoms with E-state index >= 15 is 0 Å². The maximum Gasteiger partial charge on any atom is 0.336 e. The number of aromatic nitrogens is 1. The van der Waals surface area contributed by atoms with Crippen molar-refractivity contribution in [3.05, 3.63) is 76.0 Å². The summed E-state index contributed by atoms with van der Waals surface area (Å²) >= 11 is 12.0. The monoisotopic (exact) mass is 401 g/mol. The first-order valence-corrected chi connectivity index (χ1v) is 8.57. The molecule has 2 aromatic carbocycles. The molecule has 0 aliphatic heterocycles. The summed E-state index contributed by atoms with van der Waals surface area (Å²) < 4.78 is 19.3. The molecular formula is C20H10Cl2FNO3. The van der Waals surface area contributed by atoms with Crippen LogP contribution >= 0.6 is 23.2 Å². The fourth-order valence-corrected chi connectivity index (χ4v) is 3.08. The Morgan fingerprint density at radius 3 is 2.48 bits per heavy atom. The van der Waals surface area contributed by atoms with E-state index in [-0.39, 0.29) is 10.9 Å². The molecule has 2 aromatic heterocycles. The predicted octanol–water partition coefficient (Wildman–Crippen LogP) is 6.31. The molecule has 27 heavy (non-hydrogen) atoms. The van der Waals surface area contributed by atoms with E-state index in [1.165, 1.54) is 18.2 Å². The molecule has 0 amide bonds. The van der Waals surface area contributed by atoms with Gasteiger partial charge < -0.3 is 9.52 Å². The third kappa shape index (κ3) is 3.27. The molecule has 0 saturated heterocycles. The zero-order chi connectivity index (χ0) is 19.1. The lowest BCUT2D eigenvalue weighted by atomic mass is 10.1. The van der Waals surface area contributed by atoms with Crippen molar-refractivity contribution in [1.29, 1.82) is 0 Å². The SMILES string of the molecule is O=C(O)c1cc(-c2ccc(-c3ccc(Cl)c(Cl)c3)o2)nc2ccc(F)cc12. The zero-order valence-electron chi connectivity index (χ0n) is 13.5. The van der Waals surface area contributed by atoms with Gasteiger partial charge in [0.05, 0.1) is 21.1 Å². The van der Waals surface area contributed by atoms with Crippen molar-refractivity contribution >= 4 is 40.1 Å². The Hall–Kier alpha value is -2.89. The zero-order valence-corrected chi connectivity index (χ0v) is 15.1. The van der Waals surface area contributed by atoms with E-state index in [9.17, 15) is 14.3 Å². The van der Waals surface area contributed by atoms with Gasteiger partial charge in [0.1, 0.15) is 17.3 Å². The lowest BCUT2D eigenvalue weighted by Gasteiger charge is -2.06. The number of carboxylic acids is 1. The van der Waals surface area contributed by atoms with Gasteiger partial charge >= 0.3 is 5.97 Å². The molecule has 0 unspecified atom stereocenters. The molecule has 4 rings (SSSR count). The van der Waals surface area contributed by atoms with Gasteiger partial charge in [-0.1, -0.05) is 23.2 Å².